The molecule has 7 N–H and O–H groups in total. The number of aromatic hydroxyl groups is 1. The van der Waals surface area contributed by atoms with Gasteiger partial charge in [-0.3, -0.25) is 14.4 Å². The van der Waals surface area contributed by atoms with Crippen LogP contribution in [0.4, 0.5) is 0 Å². The zero-order chi connectivity index (χ0) is 27.6. The van der Waals surface area contributed by atoms with Crippen LogP contribution in [-0.4, -0.2) is 58.1 Å². The molecule has 0 saturated heterocycles. The van der Waals surface area contributed by atoms with Gasteiger partial charge in [0.15, 0.2) is 0 Å². The number of nitrogens with two attached hydrogens (primary N) is 1. The van der Waals surface area contributed by atoms with Crippen LogP contribution in [0.5, 0.6) is 5.75 Å². The SMILES string of the molecule is CCC(C)C(NC(=O)C(N)C(C)C)C(=O)NC(Cc1ccc(O)cc1)C(=O)NC(CC(C)C)C(=O)O. The molecule has 0 bridgehead atoms. The number of carbonyl (C=O) groups excluding carboxylic acids is 3. The third-order valence-electron chi connectivity index (χ3n) is 6.15. The quantitative estimate of drug-likeness (QED) is 0.222. The zero-order valence-electron chi connectivity index (χ0n) is 22.1. The number of amides is 3. The largest absolute Gasteiger partial charge is 0.508 e. The highest BCUT2D eigenvalue weighted by molar-refractivity contribution is 5.94. The van der Waals surface area contributed by atoms with Crippen molar-refractivity contribution in [3.8, 4) is 5.75 Å². The number of benzene rings is 1. The number of phenols is 1. The highest BCUT2D eigenvalue weighted by atomic mass is 16.4. The fraction of sp³-hybridized carbons (Fsp3) is 0.615. The van der Waals surface area contributed by atoms with Crippen molar-refractivity contribution in [1.82, 2.24) is 16.0 Å². The highest BCUT2D eigenvalue weighted by Gasteiger charge is 2.33. The van der Waals surface area contributed by atoms with Crippen LogP contribution in [0.1, 0.15) is 59.9 Å². The van der Waals surface area contributed by atoms with Gasteiger partial charge in [-0.15, -0.1) is 0 Å². The van der Waals surface area contributed by atoms with E-state index in [-0.39, 0.29) is 36.3 Å². The summed E-state index contributed by atoms with van der Waals surface area (Å²) in [4.78, 5) is 50.8. The predicted molar refractivity (Wildman–Crippen MR) is 137 cm³/mol. The van der Waals surface area contributed by atoms with Gasteiger partial charge in [0, 0.05) is 6.42 Å². The average molecular weight is 507 g/mol. The lowest BCUT2D eigenvalue weighted by Gasteiger charge is -2.28. The number of aliphatic carboxylic acids is 1. The van der Waals surface area contributed by atoms with Crippen molar-refractivity contribution < 1.29 is 29.4 Å². The van der Waals surface area contributed by atoms with Gasteiger partial charge >= 0.3 is 5.97 Å². The second-order valence-electron chi connectivity index (χ2n) is 10.1. The fourth-order valence-electron chi connectivity index (χ4n) is 3.56. The predicted octanol–water partition coefficient (Wildman–Crippen LogP) is 1.55. The molecular weight excluding hydrogens is 464 g/mol. The van der Waals surface area contributed by atoms with Crippen LogP contribution in [0.25, 0.3) is 0 Å². The molecule has 36 heavy (non-hydrogen) atoms. The molecule has 0 spiro atoms. The minimum Gasteiger partial charge on any atom is -0.508 e. The van der Waals surface area contributed by atoms with Crippen LogP contribution in [0.2, 0.25) is 0 Å². The van der Waals surface area contributed by atoms with Gasteiger partial charge < -0.3 is 31.9 Å². The third-order valence-corrected chi connectivity index (χ3v) is 6.15. The average Bonchev–Trinajstić information content (AvgIpc) is 2.81. The number of phenolic OH excluding ortho intramolecular Hbond substituents is 1. The minimum atomic E-state index is -1.17. The van der Waals surface area contributed by atoms with Crippen molar-refractivity contribution in [2.24, 2.45) is 23.5 Å². The lowest BCUT2D eigenvalue weighted by Crippen LogP contribution is -2.59. The molecule has 0 aliphatic heterocycles. The molecule has 0 fully saturated rings. The Labute approximate surface area is 213 Å². The van der Waals surface area contributed by atoms with E-state index in [9.17, 15) is 29.4 Å². The monoisotopic (exact) mass is 506 g/mol. The normalized spacial score (nSPS) is 15.5. The van der Waals surface area contributed by atoms with Gasteiger partial charge in [-0.2, -0.15) is 0 Å². The molecule has 3 amide bonds. The van der Waals surface area contributed by atoms with Gasteiger partial charge in [0.05, 0.1) is 6.04 Å². The van der Waals surface area contributed by atoms with Gasteiger partial charge in [-0.05, 0) is 41.9 Å². The number of hydrogen-bond acceptors (Lipinski definition) is 6. The number of nitrogens with one attached hydrogen (secondary N) is 3. The Morgan fingerprint density at radius 2 is 1.42 bits per heavy atom. The van der Waals surface area contributed by atoms with Gasteiger partial charge in [0.1, 0.15) is 23.9 Å². The third kappa shape index (κ3) is 9.85. The van der Waals surface area contributed by atoms with E-state index in [0.29, 0.717) is 12.0 Å². The van der Waals surface area contributed by atoms with E-state index in [2.05, 4.69) is 16.0 Å². The standard InChI is InChI=1S/C26H42N4O6/c1-7-16(6)22(30-24(33)21(27)15(4)5)25(34)28-19(13-17-8-10-18(31)11-9-17)23(32)29-20(26(35)36)12-14(2)3/h8-11,14-16,19-22,31H,7,12-13,27H2,1-6H3,(H,28,34)(H,29,32)(H,30,33)(H,35,36). The summed E-state index contributed by atoms with van der Waals surface area (Å²) in [7, 11) is 0. The number of rotatable bonds is 14. The van der Waals surface area contributed by atoms with Gasteiger partial charge in [0.2, 0.25) is 17.7 Å². The van der Waals surface area contributed by atoms with Crippen LogP contribution >= 0.6 is 0 Å². The molecule has 0 aliphatic rings. The van der Waals surface area contributed by atoms with Crippen LogP contribution in [0, 0.1) is 17.8 Å². The van der Waals surface area contributed by atoms with Crippen molar-refractivity contribution in [3.63, 3.8) is 0 Å². The number of carbonyl (C=O) groups is 4. The fourth-order valence-corrected chi connectivity index (χ4v) is 3.56. The molecule has 0 aliphatic carbocycles. The number of carboxylic acids is 1. The maximum atomic E-state index is 13.3. The lowest BCUT2D eigenvalue weighted by molar-refractivity contribution is -0.142. The van der Waals surface area contributed by atoms with E-state index in [1.807, 2.05) is 27.7 Å². The summed E-state index contributed by atoms with van der Waals surface area (Å²) in [6.45, 7) is 11.0. The van der Waals surface area contributed by atoms with E-state index in [1.54, 1.807) is 26.0 Å². The van der Waals surface area contributed by atoms with Crippen molar-refractivity contribution in [1.29, 1.82) is 0 Å². The second kappa shape index (κ2) is 14.4. The van der Waals surface area contributed by atoms with Crippen molar-refractivity contribution in [3.05, 3.63) is 29.8 Å². The molecule has 10 heteroatoms. The summed E-state index contributed by atoms with van der Waals surface area (Å²) in [5.41, 5.74) is 6.60. The van der Waals surface area contributed by atoms with Crippen molar-refractivity contribution >= 4 is 23.7 Å². The first kappa shape index (κ1) is 30.9. The first-order valence-electron chi connectivity index (χ1n) is 12.4. The molecule has 1 aromatic carbocycles. The molecule has 5 unspecified atom stereocenters. The van der Waals surface area contributed by atoms with E-state index in [4.69, 9.17) is 5.73 Å². The summed E-state index contributed by atoms with van der Waals surface area (Å²) in [6, 6.07) is 2.17. The van der Waals surface area contributed by atoms with E-state index >= 15 is 0 Å². The smallest absolute Gasteiger partial charge is 0.326 e. The van der Waals surface area contributed by atoms with E-state index in [0.717, 1.165) is 0 Å². The first-order valence-corrected chi connectivity index (χ1v) is 12.4. The second-order valence-corrected chi connectivity index (χ2v) is 10.1. The van der Waals surface area contributed by atoms with Gasteiger partial charge in [-0.1, -0.05) is 60.1 Å². The highest BCUT2D eigenvalue weighted by Crippen LogP contribution is 2.14. The summed E-state index contributed by atoms with van der Waals surface area (Å²) in [5.74, 6) is -3.17. The Bertz CT molecular complexity index is 887. The zero-order valence-corrected chi connectivity index (χ0v) is 22.1. The summed E-state index contributed by atoms with van der Waals surface area (Å²) in [5, 5.41) is 27.1. The Balaban J connectivity index is 3.20. The molecule has 1 aromatic rings. The molecular formula is C26H42N4O6. The molecule has 0 radical (unpaired) electrons. The lowest BCUT2D eigenvalue weighted by atomic mass is 9.95. The molecule has 1 rings (SSSR count). The Morgan fingerprint density at radius 1 is 0.861 bits per heavy atom. The summed E-state index contributed by atoms with van der Waals surface area (Å²) < 4.78 is 0. The first-order chi connectivity index (χ1) is 16.8. The van der Waals surface area contributed by atoms with Crippen LogP contribution in [0.15, 0.2) is 24.3 Å². The van der Waals surface area contributed by atoms with Crippen molar-refractivity contribution in [2.75, 3.05) is 0 Å². The molecule has 0 aromatic heterocycles. The molecule has 0 saturated carbocycles. The van der Waals surface area contributed by atoms with E-state index < -0.39 is 47.9 Å². The van der Waals surface area contributed by atoms with Crippen LogP contribution in [0.3, 0.4) is 0 Å². The Hall–Kier alpha value is -3.14. The van der Waals surface area contributed by atoms with E-state index in [1.165, 1.54) is 12.1 Å². The number of carboxylic acid groups (broad SMARTS) is 1. The Kier molecular flexibility index (Phi) is 12.4. The molecule has 202 valence electrons. The van der Waals surface area contributed by atoms with Crippen LogP contribution in [-0.2, 0) is 25.6 Å². The van der Waals surface area contributed by atoms with Crippen molar-refractivity contribution in [2.45, 2.75) is 85.0 Å². The molecule has 5 atom stereocenters. The minimum absolute atomic E-state index is 0.0201. The van der Waals surface area contributed by atoms with Crippen LogP contribution < -0.4 is 21.7 Å². The maximum Gasteiger partial charge on any atom is 0.326 e. The van der Waals surface area contributed by atoms with Gasteiger partial charge in [0.25, 0.3) is 0 Å². The molecule has 0 heterocycles. The Morgan fingerprint density at radius 3 is 1.89 bits per heavy atom. The summed E-state index contributed by atoms with van der Waals surface area (Å²) >= 11 is 0. The molecule has 10 nitrogen and oxygen atoms in total. The number of hydrogen-bond donors (Lipinski definition) is 6. The van der Waals surface area contributed by atoms with Gasteiger partial charge in [-0.25, -0.2) is 4.79 Å². The summed E-state index contributed by atoms with van der Waals surface area (Å²) in [6.07, 6.45) is 0.859. The maximum absolute atomic E-state index is 13.3. The topological polar surface area (TPSA) is 171 Å².